The normalized spacial score (nSPS) is 11.1. The smallest absolute Gasteiger partial charge is 0.266 e. The first-order valence-electron chi connectivity index (χ1n) is 9.05. The van der Waals surface area contributed by atoms with Crippen LogP contribution in [0.5, 0.6) is 5.75 Å². The lowest BCUT2D eigenvalue weighted by atomic mass is 10.1. The van der Waals surface area contributed by atoms with Gasteiger partial charge >= 0.3 is 0 Å². The second-order valence-electron chi connectivity index (χ2n) is 6.62. The van der Waals surface area contributed by atoms with Crippen LogP contribution >= 0.6 is 27.5 Å². The van der Waals surface area contributed by atoms with Crippen LogP contribution in [0.4, 0.5) is 5.69 Å². The van der Waals surface area contributed by atoms with Gasteiger partial charge in [0.2, 0.25) is 0 Å². The molecule has 3 rings (SSSR count). The summed E-state index contributed by atoms with van der Waals surface area (Å²) in [5, 5.41) is 12.9. The first-order valence-corrected chi connectivity index (χ1v) is 10.2. The Hall–Kier alpha value is -3.01. The monoisotopic (exact) mass is 483 g/mol. The zero-order valence-corrected chi connectivity index (χ0v) is 19.0. The zero-order chi connectivity index (χ0) is 21.8. The molecule has 5 nitrogen and oxygen atoms in total. The fourth-order valence-corrected chi connectivity index (χ4v) is 3.58. The highest BCUT2D eigenvalue weighted by molar-refractivity contribution is 9.10. The van der Waals surface area contributed by atoms with Gasteiger partial charge in [-0.2, -0.15) is 5.26 Å². The van der Waals surface area contributed by atoms with Crippen molar-refractivity contribution in [1.82, 2.24) is 4.57 Å². The topological polar surface area (TPSA) is 67.0 Å². The summed E-state index contributed by atoms with van der Waals surface area (Å²) in [5.74, 6) is 0.134. The quantitative estimate of drug-likeness (QED) is 0.353. The number of aromatic nitrogens is 1. The van der Waals surface area contributed by atoms with E-state index in [4.69, 9.17) is 16.3 Å². The summed E-state index contributed by atoms with van der Waals surface area (Å²) >= 11 is 9.64. The number of hydrogen-bond acceptors (Lipinski definition) is 3. The van der Waals surface area contributed by atoms with Gasteiger partial charge in [-0.15, -0.1) is 0 Å². The van der Waals surface area contributed by atoms with Gasteiger partial charge in [-0.1, -0.05) is 17.7 Å². The molecule has 30 heavy (non-hydrogen) atoms. The van der Waals surface area contributed by atoms with Crippen LogP contribution in [0, 0.1) is 25.2 Å². The van der Waals surface area contributed by atoms with Crippen molar-refractivity contribution in [1.29, 1.82) is 5.26 Å². The predicted octanol–water partition coefficient (Wildman–Crippen LogP) is 6.06. The van der Waals surface area contributed by atoms with E-state index < -0.39 is 5.91 Å². The summed E-state index contributed by atoms with van der Waals surface area (Å²) < 4.78 is 8.01. The van der Waals surface area contributed by atoms with E-state index in [1.807, 2.05) is 48.7 Å². The molecule has 0 unspecified atom stereocenters. The molecule has 7 heteroatoms. The summed E-state index contributed by atoms with van der Waals surface area (Å²) in [6.45, 7) is 3.90. The molecule has 152 valence electrons. The molecule has 0 fully saturated rings. The summed E-state index contributed by atoms with van der Waals surface area (Å²) in [4.78, 5) is 12.6. The molecule has 2 aromatic carbocycles. The van der Waals surface area contributed by atoms with Crippen molar-refractivity contribution >= 4 is 45.2 Å². The number of carbonyl (C=O) groups excluding carboxylic acids is 1. The van der Waals surface area contributed by atoms with Gasteiger partial charge < -0.3 is 14.6 Å². The summed E-state index contributed by atoms with van der Waals surface area (Å²) in [7, 11) is 1.55. The zero-order valence-electron chi connectivity index (χ0n) is 16.7. The number of aryl methyl sites for hydroxylation is 1. The van der Waals surface area contributed by atoms with Crippen molar-refractivity contribution < 1.29 is 9.53 Å². The van der Waals surface area contributed by atoms with Gasteiger partial charge in [0.15, 0.2) is 0 Å². The van der Waals surface area contributed by atoms with Crippen LogP contribution in [-0.4, -0.2) is 17.6 Å². The van der Waals surface area contributed by atoms with E-state index in [0.29, 0.717) is 16.5 Å². The number of nitrogens with one attached hydrogen (secondary N) is 1. The van der Waals surface area contributed by atoms with E-state index in [-0.39, 0.29) is 5.57 Å². The number of hydrogen-bond donors (Lipinski definition) is 1. The number of nitrogens with zero attached hydrogens (tertiary/aromatic N) is 2. The number of rotatable bonds is 5. The average Bonchev–Trinajstić information content (AvgIpc) is 3.01. The van der Waals surface area contributed by atoms with Crippen LogP contribution in [0.1, 0.15) is 17.0 Å². The van der Waals surface area contributed by atoms with E-state index in [1.165, 1.54) is 0 Å². The number of anilines is 1. The van der Waals surface area contributed by atoms with Crippen LogP contribution < -0.4 is 10.1 Å². The van der Waals surface area contributed by atoms with Crippen molar-refractivity contribution in [3.8, 4) is 17.5 Å². The molecule has 0 saturated heterocycles. The van der Waals surface area contributed by atoms with Crippen molar-refractivity contribution in [2.45, 2.75) is 13.8 Å². The number of amides is 1. The average molecular weight is 485 g/mol. The largest absolute Gasteiger partial charge is 0.497 e. The van der Waals surface area contributed by atoms with Crippen LogP contribution in [0.2, 0.25) is 5.02 Å². The Balaban J connectivity index is 1.93. The molecule has 1 aromatic heterocycles. The molecule has 1 amide bonds. The maximum Gasteiger partial charge on any atom is 0.266 e. The molecule has 1 N–H and O–H groups in total. The number of benzene rings is 2. The Labute approximate surface area is 188 Å². The van der Waals surface area contributed by atoms with Gasteiger partial charge in [0, 0.05) is 33.3 Å². The molecule has 0 spiro atoms. The molecular weight excluding hydrogens is 466 g/mol. The molecule has 0 bridgehead atoms. The summed E-state index contributed by atoms with van der Waals surface area (Å²) in [5.41, 5.74) is 4.10. The highest BCUT2D eigenvalue weighted by atomic mass is 79.9. The van der Waals surface area contributed by atoms with Gasteiger partial charge in [0.05, 0.1) is 12.1 Å². The lowest BCUT2D eigenvalue weighted by Crippen LogP contribution is -2.13. The number of nitriles is 1. The number of ether oxygens (including phenoxy) is 1. The van der Waals surface area contributed by atoms with Gasteiger partial charge in [-0.25, -0.2) is 0 Å². The van der Waals surface area contributed by atoms with Crippen LogP contribution in [0.3, 0.4) is 0 Å². The molecule has 0 radical (unpaired) electrons. The third-order valence-corrected chi connectivity index (χ3v) is 5.86. The van der Waals surface area contributed by atoms with Crippen molar-refractivity contribution in [3.05, 3.63) is 80.6 Å². The molecule has 0 atom stereocenters. The molecule has 0 saturated carbocycles. The van der Waals surface area contributed by atoms with E-state index >= 15 is 0 Å². The third kappa shape index (κ3) is 4.59. The summed E-state index contributed by atoms with van der Waals surface area (Å²) in [6, 6.07) is 16.6. The van der Waals surface area contributed by atoms with E-state index in [2.05, 4.69) is 21.2 Å². The van der Waals surface area contributed by atoms with Gasteiger partial charge in [-0.05, 0) is 77.8 Å². The minimum atomic E-state index is -0.484. The number of carbonyl (C=O) groups is 1. The molecule has 0 aliphatic heterocycles. The van der Waals surface area contributed by atoms with Crippen molar-refractivity contribution in [2.75, 3.05) is 12.4 Å². The van der Waals surface area contributed by atoms with Gasteiger partial charge in [-0.3, -0.25) is 4.79 Å². The lowest BCUT2D eigenvalue weighted by Gasteiger charge is -2.11. The maximum atomic E-state index is 12.6. The van der Waals surface area contributed by atoms with E-state index in [0.717, 1.165) is 27.1 Å². The third-order valence-electron chi connectivity index (χ3n) is 4.62. The Bertz CT molecular complexity index is 1190. The maximum absolute atomic E-state index is 12.6. The second kappa shape index (κ2) is 9.21. The van der Waals surface area contributed by atoms with Crippen LogP contribution in [0.15, 0.2) is 58.6 Å². The Morgan fingerprint density at radius 3 is 2.67 bits per heavy atom. The standard InChI is InChI=1S/C23H19BrClN3O2/c1-14-9-16(15(2)28(14)19-7-8-21(24)22(25)12-19)10-17(13-26)23(29)27-18-5-4-6-20(11-18)30-3/h4-12H,1-3H3,(H,27,29)/b17-10+. The molecule has 1 heterocycles. The molecule has 0 aliphatic rings. The highest BCUT2D eigenvalue weighted by Crippen LogP contribution is 2.28. The predicted molar refractivity (Wildman–Crippen MR) is 123 cm³/mol. The number of halogens is 2. The number of methoxy groups -OCH3 is 1. The minimum absolute atomic E-state index is 0.00640. The molecular formula is C23H19BrClN3O2. The second-order valence-corrected chi connectivity index (χ2v) is 7.88. The minimum Gasteiger partial charge on any atom is -0.497 e. The fraction of sp³-hybridized carbons (Fsp3) is 0.130. The first kappa shape index (κ1) is 21.7. The van der Waals surface area contributed by atoms with Crippen molar-refractivity contribution in [3.63, 3.8) is 0 Å². The van der Waals surface area contributed by atoms with Crippen molar-refractivity contribution in [2.24, 2.45) is 0 Å². The Morgan fingerprint density at radius 2 is 2.00 bits per heavy atom. The Kier molecular flexibility index (Phi) is 6.66. The summed E-state index contributed by atoms with van der Waals surface area (Å²) in [6.07, 6.45) is 1.59. The van der Waals surface area contributed by atoms with Gasteiger partial charge in [0.1, 0.15) is 17.4 Å². The van der Waals surface area contributed by atoms with E-state index in [9.17, 15) is 10.1 Å². The Morgan fingerprint density at radius 1 is 1.23 bits per heavy atom. The molecule has 3 aromatic rings. The molecule has 0 aliphatic carbocycles. The van der Waals surface area contributed by atoms with Crippen LogP contribution in [0.25, 0.3) is 11.8 Å². The van der Waals surface area contributed by atoms with Crippen LogP contribution in [-0.2, 0) is 4.79 Å². The van der Waals surface area contributed by atoms with E-state index in [1.54, 1.807) is 37.5 Å². The highest BCUT2D eigenvalue weighted by Gasteiger charge is 2.15. The lowest BCUT2D eigenvalue weighted by molar-refractivity contribution is -0.112. The SMILES string of the molecule is COc1cccc(NC(=O)/C(C#N)=C/c2cc(C)n(-c3ccc(Br)c(Cl)c3)c2C)c1. The fourth-order valence-electron chi connectivity index (χ4n) is 3.16. The van der Waals surface area contributed by atoms with Gasteiger partial charge in [0.25, 0.3) is 5.91 Å². The first-order chi connectivity index (χ1) is 14.3.